The minimum Gasteiger partial charge on any atom is -0.427 e. The number of esters is 1. The van der Waals surface area contributed by atoms with Crippen molar-refractivity contribution >= 4 is 34.9 Å². The quantitative estimate of drug-likeness (QED) is 0.290. The zero-order chi connectivity index (χ0) is 25.4. The van der Waals surface area contributed by atoms with Crippen molar-refractivity contribution in [2.24, 2.45) is 0 Å². The molecule has 1 amide bonds. The van der Waals surface area contributed by atoms with Crippen LogP contribution in [0.4, 0.5) is 18.9 Å². The molecule has 3 rings (SSSR count). The summed E-state index contributed by atoms with van der Waals surface area (Å²) in [4.78, 5) is 40.3. The molecule has 0 aliphatic rings. The van der Waals surface area contributed by atoms with Crippen LogP contribution in [-0.2, 0) is 22.2 Å². The largest absolute Gasteiger partial charge is 0.427 e. The van der Waals surface area contributed by atoms with E-state index in [1.54, 1.807) is 12.4 Å². The molecular weight excluding hydrogens is 485 g/mol. The second-order valence-corrected chi connectivity index (χ2v) is 7.95. The molecule has 0 saturated heterocycles. The van der Waals surface area contributed by atoms with E-state index in [0.29, 0.717) is 12.8 Å². The number of hydrogen-bond acceptors (Lipinski definition) is 5. The van der Waals surface area contributed by atoms with Crippen LogP contribution >= 0.6 is 11.6 Å². The van der Waals surface area contributed by atoms with Gasteiger partial charge >= 0.3 is 12.1 Å². The Hall–Kier alpha value is -3.72. The van der Waals surface area contributed by atoms with E-state index < -0.39 is 23.6 Å². The summed E-state index contributed by atoms with van der Waals surface area (Å²) in [5.74, 6) is -1.20. The van der Waals surface area contributed by atoms with Crippen molar-refractivity contribution in [3.05, 3.63) is 88.7 Å². The number of ketones is 1. The molecule has 0 fully saturated rings. The summed E-state index contributed by atoms with van der Waals surface area (Å²) >= 11 is 5.90. The van der Waals surface area contributed by atoms with Gasteiger partial charge in [-0.15, -0.1) is 0 Å². The first-order chi connectivity index (χ1) is 16.6. The molecule has 6 nitrogen and oxygen atoms in total. The van der Waals surface area contributed by atoms with Crippen LogP contribution in [0, 0.1) is 0 Å². The third kappa shape index (κ3) is 7.92. The molecule has 0 aliphatic carbocycles. The molecule has 182 valence electrons. The molecular formula is C25H20ClF3N2O4. The molecule has 2 aromatic carbocycles. The molecule has 0 unspecified atom stereocenters. The van der Waals surface area contributed by atoms with E-state index in [9.17, 15) is 27.6 Å². The number of anilines is 1. The number of rotatable bonds is 9. The number of nitrogens with zero attached hydrogens (tertiary/aromatic N) is 1. The van der Waals surface area contributed by atoms with Gasteiger partial charge in [0.15, 0.2) is 0 Å². The number of carbonyl (C=O) groups is 3. The van der Waals surface area contributed by atoms with Gasteiger partial charge < -0.3 is 10.1 Å². The number of aryl methyl sites for hydroxylation is 1. The Morgan fingerprint density at radius 3 is 2.26 bits per heavy atom. The first kappa shape index (κ1) is 25.9. The average molecular weight is 505 g/mol. The zero-order valence-electron chi connectivity index (χ0n) is 18.3. The van der Waals surface area contributed by atoms with E-state index in [1.165, 1.54) is 24.3 Å². The van der Waals surface area contributed by atoms with Gasteiger partial charge in [0, 0.05) is 30.8 Å². The standard InChI is InChI=1S/C25H20ClF3N2O4/c26-21-9-4-18(25(27,28)29)15-22(21)31-24(34)17-2-7-20(8-3-17)35-23(33)10-6-19(32)5-1-16-11-13-30-14-12-16/h2-4,7-9,11-15H,1,5-6,10H2,(H,31,34). The highest BCUT2D eigenvalue weighted by atomic mass is 35.5. The number of carbonyl (C=O) groups excluding carboxylic acids is 3. The molecule has 0 bridgehead atoms. The lowest BCUT2D eigenvalue weighted by Gasteiger charge is -2.12. The first-order valence-corrected chi connectivity index (χ1v) is 10.9. The molecule has 0 aliphatic heterocycles. The van der Waals surface area contributed by atoms with Gasteiger partial charge in [0.2, 0.25) is 0 Å². The topological polar surface area (TPSA) is 85.4 Å². The van der Waals surface area contributed by atoms with Crippen molar-refractivity contribution in [1.29, 1.82) is 0 Å². The van der Waals surface area contributed by atoms with Crippen LogP contribution < -0.4 is 10.1 Å². The van der Waals surface area contributed by atoms with Crippen LogP contribution in [0.15, 0.2) is 67.0 Å². The van der Waals surface area contributed by atoms with Crippen LogP contribution in [0.5, 0.6) is 5.75 Å². The van der Waals surface area contributed by atoms with Crippen LogP contribution in [0.3, 0.4) is 0 Å². The Morgan fingerprint density at radius 1 is 0.914 bits per heavy atom. The van der Waals surface area contributed by atoms with E-state index in [-0.39, 0.29) is 40.6 Å². The Bertz CT molecular complexity index is 1200. The van der Waals surface area contributed by atoms with Gasteiger partial charge in [-0.25, -0.2) is 0 Å². The molecule has 1 heterocycles. The highest BCUT2D eigenvalue weighted by molar-refractivity contribution is 6.34. The lowest BCUT2D eigenvalue weighted by atomic mass is 10.1. The van der Waals surface area contributed by atoms with E-state index >= 15 is 0 Å². The van der Waals surface area contributed by atoms with Crippen LogP contribution in [-0.4, -0.2) is 22.6 Å². The van der Waals surface area contributed by atoms with Gasteiger partial charge in [0.1, 0.15) is 11.5 Å². The predicted molar refractivity (Wildman–Crippen MR) is 123 cm³/mol. The maximum atomic E-state index is 12.9. The Kier molecular flexibility index (Phi) is 8.59. The second kappa shape index (κ2) is 11.6. The number of Topliss-reactive ketones (excluding diaryl/α,β-unsaturated/α-hetero) is 1. The molecule has 0 radical (unpaired) electrons. The summed E-state index contributed by atoms with van der Waals surface area (Å²) in [5, 5.41) is 2.29. The smallest absolute Gasteiger partial charge is 0.416 e. The summed E-state index contributed by atoms with van der Waals surface area (Å²) in [6.07, 6.45) is -0.477. The van der Waals surface area contributed by atoms with E-state index in [0.717, 1.165) is 23.8 Å². The third-order valence-electron chi connectivity index (χ3n) is 4.94. The number of pyridine rings is 1. The van der Waals surface area contributed by atoms with Crippen LogP contribution in [0.25, 0.3) is 0 Å². The Morgan fingerprint density at radius 2 is 1.60 bits per heavy atom. The predicted octanol–water partition coefficient (Wildman–Crippen LogP) is 5.89. The highest BCUT2D eigenvalue weighted by Crippen LogP contribution is 2.34. The van der Waals surface area contributed by atoms with Gasteiger partial charge in [0.25, 0.3) is 5.91 Å². The minimum atomic E-state index is -4.58. The molecule has 0 saturated carbocycles. The highest BCUT2D eigenvalue weighted by Gasteiger charge is 2.31. The number of amides is 1. The fourth-order valence-electron chi connectivity index (χ4n) is 3.05. The minimum absolute atomic E-state index is 0.0438. The van der Waals surface area contributed by atoms with E-state index in [1.807, 2.05) is 12.1 Å². The van der Waals surface area contributed by atoms with Gasteiger partial charge in [-0.3, -0.25) is 19.4 Å². The summed E-state index contributed by atoms with van der Waals surface area (Å²) in [7, 11) is 0. The summed E-state index contributed by atoms with van der Waals surface area (Å²) in [5.41, 5.74) is -0.0362. The molecule has 1 N–H and O–H groups in total. The Balaban J connectivity index is 1.49. The number of alkyl halides is 3. The van der Waals surface area contributed by atoms with Crippen molar-refractivity contribution < 1.29 is 32.3 Å². The number of nitrogens with one attached hydrogen (secondary N) is 1. The number of ether oxygens (including phenoxy) is 1. The average Bonchev–Trinajstić information content (AvgIpc) is 2.83. The second-order valence-electron chi connectivity index (χ2n) is 7.54. The number of halogens is 4. The summed E-state index contributed by atoms with van der Waals surface area (Å²) < 4.78 is 43.9. The van der Waals surface area contributed by atoms with Gasteiger partial charge in [-0.1, -0.05) is 11.6 Å². The van der Waals surface area contributed by atoms with Gasteiger partial charge in [-0.05, 0) is 66.6 Å². The monoisotopic (exact) mass is 504 g/mol. The molecule has 0 atom stereocenters. The maximum absolute atomic E-state index is 12.9. The molecule has 1 aromatic heterocycles. The molecule has 35 heavy (non-hydrogen) atoms. The van der Waals surface area contributed by atoms with Crippen molar-refractivity contribution in [2.45, 2.75) is 31.9 Å². The maximum Gasteiger partial charge on any atom is 0.416 e. The van der Waals surface area contributed by atoms with Gasteiger partial charge in [-0.2, -0.15) is 13.2 Å². The SMILES string of the molecule is O=C(CCC(=O)Oc1ccc(C(=O)Nc2cc(C(F)(F)F)ccc2Cl)cc1)CCc1ccncc1. The van der Waals surface area contributed by atoms with Gasteiger partial charge in [0.05, 0.1) is 22.7 Å². The van der Waals surface area contributed by atoms with Crippen molar-refractivity contribution in [2.75, 3.05) is 5.32 Å². The Labute approximate surface area is 204 Å². The fraction of sp³-hybridized carbons (Fsp3) is 0.200. The number of aromatic nitrogens is 1. The zero-order valence-corrected chi connectivity index (χ0v) is 19.0. The lowest BCUT2D eigenvalue weighted by Crippen LogP contribution is -2.14. The third-order valence-corrected chi connectivity index (χ3v) is 5.27. The van der Waals surface area contributed by atoms with E-state index in [4.69, 9.17) is 16.3 Å². The van der Waals surface area contributed by atoms with Crippen molar-refractivity contribution in [1.82, 2.24) is 4.98 Å². The lowest BCUT2D eigenvalue weighted by molar-refractivity contribution is -0.137. The normalized spacial score (nSPS) is 11.1. The summed E-state index contributed by atoms with van der Waals surface area (Å²) in [6.45, 7) is 0. The van der Waals surface area contributed by atoms with Crippen LogP contribution in [0.1, 0.15) is 40.7 Å². The fourth-order valence-corrected chi connectivity index (χ4v) is 3.21. The number of benzene rings is 2. The summed E-state index contributed by atoms with van der Waals surface area (Å²) in [6, 6.07) is 11.7. The first-order valence-electron chi connectivity index (χ1n) is 10.5. The molecule has 3 aromatic rings. The number of hydrogen-bond donors (Lipinski definition) is 1. The van der Waals surface area contributed by atoms with Crippen molar-refractivity contribution in [3.8, 4) is 5.75 Å². The molecule has 10 heteroatoms. The molecule has 0 spiro atoms. The van der Waals surface area contributed by atoms with E-state index in [2.05, 4.69) is 10.3 Å². The van der Waals surface area contributed by atoms with Crippen LogP contribution in [0.2, 0.25) is 5.02 Å². The van der Waals surface area contributed by atoms with Crippen molar-refractivity contribution in [3.63, 3.8) is 0 Å².